The zero-order valence-corrected chi connectivity index (χ0v) is 18.5. The highest BCUT2D eigenvalue weighted by Gasteiger charge is 2.24. The Balaban J connectivity index is 1.64. The molecule has 1 fully saturated rings. The summed E-state index contributed by atoms with van der Waals surface area (Å²) < 4.78 is 14.7. The number of aromatic nitrogens is 2. The Labute approximate surface area is 195 Å². The van der Waals surface area contributed by atoms with E-state index >= 15 is 0 Å². The van der Waals surface area contributed by atoms with E-state index in [0.29, 0.717) is 16.9 Å². The highest BCUT2D eigenvalue weighted by Crippen LogP contribution is 2.28. The predicted octanol–water partition coefficient (Wildman–Crippen LogP) is 3.33. The first-order valence-corrected chi connectivity index (χ1v) is 10.8. The summed E-state index contributed by atoms with van der Waals surface area (Å²) in [6.45, 7) is 6.91. The van der Waals surface area contributed by atoms with Gasteiger partial charge in [0.2, 0.25) is 0 Å². The van der Waals surface area contributed by atoms with Crippen molar-refractivity contribution >= 4 is 53.3 Å². The molecule has 0 bridgehead atoms. The lowest BCUT2D eigenvalue weighted by Crippen LogP contribution is -2.43. The first kappa shape index (κ1) is 23.1. The average molecular weight is 464 g/mol. The van der Waals surface area contributed by atoms with Crippen LogP contribution in [0.25, 0.3) is 10.9 Å². The molecule has 10 nitrogen and oxygen atoms in total. The van der Waals surface area contributed by atoms with Gasteiger partial charge in [-0.15, -0.1) is 0 Å². The number of amides is 1. The fraction of sp³-hybridized carbons (Fsp3) is 0.261. The molecule has 0 radical (unpaired) electrons. The standard InChI is InChI=1S/C23H26FN9O/c1-27-33(28-2)15-8-7-13-9-14(12-29-20(13)10-15)30-22-16(21(26)34)11-17(24)23(32-22)31-19-6-4-3-5-18(19)25/h7-12,18-19H,1-6,25H2,(H2,26,34)(H2,30,31,32)/t18-,19+/m0/s1. The van der Waals surface area contributed by atoms with Gasteiger partial charge in [0.1, 0.15) is 5.82 Å². The number of pyridine rings is 2. The molecule has 2 atom stereocenters. The van der Waals surface area contributed by atoms with Crippen molar-refractivity contribution in [1.29, 1.82) is 0 Å². The Morgan fingerprint density at radius 3 is 2.62 bits per heavy atom. The number of fused-ring (bicyclic) bond motifs is 1. The molecule has 1 aliphatic carbocycles. The van der Waals surface area contributed by atoms with Gasteiger partial charge in [0.05, 0.1) is 28.7 Å². The van der Waals surface area contributed by atoms with Gasteiger partial charge in [0.25, 0.3) is 5.91 Å². The maximum Gasteiger partial charge on any atom is 0.252 e. The van der Waals surface area contributed by atoms with Gasteiger partial charge in [-0.25, -0.2) is 9.37 Å². The number of halogens is 1. The Morgan fingerprint density at radius 1 is 1.15 bits per heavy atom. The van der Waals surface area contributed by atoms with E-state index in [4.69, 9.17) is 11.5 Å². The molecule has 1 aliphatic rings. The molecule has 0 aliphatic heterocycles. The molecule has 1 saturated carbocycles. The number of hydrogen-bond donors (Lipinski definition) is 4. The molecule has 34 heavy (non-hydrogen) atoms. The van der Waals surface area contributed by atoms with Gasteiger partial charge in [-0.1, -0.05) is 18.9 Å². The summed E-state index contributed by atoms with van der Waals surface area (Å²) in [7, 11) is 0. The van der Waals surface area contributed by atoms with Crippen LogP contribution in [0, 0.1) is 5.82 Å². The number of carbonyl (C=O) groups excluding carboxylic acids is 1. The molecule has 2 aromatic heterocycles. The number of hydrogen-bond acceptors (Lipinski definition) is 9. The number of benzene rings is 1. The topological polar surface area (TPSA) is 147 Å². The van der Waals surface area contributed by atoms with Gasteiger partial charge in [-0.05, 0) is 37.1 Å². The lowest BCUT2D eigenvalue weighted by molar-refractivity contribution is 0.100. The Bertz CT molecular complexity index is 1240. The zero-order chi connectivity index (χ0) is 24.2. The second-order valence-corrected chi connectivity index (χ2v) is 8.08. The van der Waals surface area contributed by atoms with E-state index in [1.807, 2.05) is 12.1 Å². The Kier molecular flexibility index (Phi) is 6.64. The second kappa shape index (κ2) is 9.79. The predicted molar refractivity (Wildman–Crippen MR) is 133 cm³/mol. The van der Waals surface area contributed by atoms with Crippen LogP contribution >= 0.6 is 0 Å². The summed E-state index contributed by atoms with van der Waals surface area (Å²) in [5, 5.41) is 15.7. The third-order valence-corrected chi connectivity index (χ3v) is 5.81. The van der Waals surface area contributed by atoms with Crippen molar-refractivity contribution in [3.05, 3.63) is 47.9 Å². The quantitative estimate of drug-likeness (QED) is 0.296. The molecule has 11 heteroatoms. The van der Waals surface area contributed by atoms with Crippen LogP contribution in [0.1, 0.15) is 36.0 Å². The van der Waals surface area contributed by atoms with E-state index in [2.05, 4.69) is 44.2 Å². The summed E-state index contributed by atoms with van der Waals surface area (Å²) in [5.74, 6) is -1.33. The Morgan fingerprint density at radius 2 is 1.91 bits per heavy atom. The summed E-state index contributed by atoms with van der Waals surface area (Å²) in [4.78, 5) is 20.7. The van der Waals surface area contributed by atoms with Crippen LogP contribution in [0.15, 0.2) is 46.7 Å². The molecule has 3 aromatic rings. The van der Waals surface area contributed by atoms with E-state index < -0.39 is 11.7 Å². The fourth-order valence-electron chi connectivity index (χ4n) is 4.03. The molecule has 0 spiro atoms. The van der Waals surface area contributed by atoms with E-state index in [9.17, 15) is 9.18 Å². The number of anilines is 4. The van der Waals surface area contributed by atoms with E-state index in [0.717, 1.165) is 37.1 Å². The largest absolute Gasteiger partial charge is 0.365 e. The number of nitrogens with one attached hydrogen (secondary N) is 2. The first-order valence-electron chi connectivity index (χ1n) is 10.8. The van der Waals surface area contributed by atoms with Gasteiger partial charge in [0, 0.05) is 30.9 Å². The molecule has 1 aromatic carbocycles. The van der Waals surface area contributed by atoms with Gasteiger partial charge >= 0.3 is 0 Å². The lowest BCUT2D eigenvalue weighted by Gasteiger charge is -2.30. The fourth-order valence-corrected chi connectivity index (χ4v) is 4.03. The van der Waals surface area contributed by atoms with Crippen LogP contribution in [0.5, 0.6) is 0 Å². The number of nitrogens with two attached hydrogens (primary N) is 2. The number of hydrazone groups is 2. The van der Waals surface area contributed by atoms with Gasteiger partial charge in [-0.3, -0.25) is 9.78 Å². The average Bonchev–Trinajstić information content (AvgIpc) is 2.83. The number of rotatable bonds is 8. The van der Waals surface area contributed by atoms with Crippen LogP contribution in [0.2, 0.25) is 0 Å². The summed E-state index contributed by atoms with van der Waals surface area (Å²) in [6.07, 6.45) is 5.30. The van der Waals surface area contributed by atoms with Crippen molar-refractivity contribution in [3.63, 3.8) is 0 Å². The number of nitrogens with zero attached hydrogens (tertiary/aromatic N) is 5. The van der Waals surface area contributed by atoms with E-state index in [1.54, 1.807) is 18.3 Å². The van der Waals surface area contributed by atoms with Gasteiger partial charge < -0.3 is 22.1 Å². The summed E-state index contributed by atoms with van der Waals surface area (Å²) in [5.41, 5.74) is 13.5. The zero-order valence-electron chi connectivity index (χ0n) is 18.5. The lowest BCUT2D eigenvalue weighted by atomic mass is 9.91. The second-order valence-electron chi connectivity index (χ2n) is 8.08. The molecular formula is C23H26FN9O. The van der Waals surface area contributed by atoms with E-state index in [1.165, 1.54) is 5.12 Å². The molecule has 1 amide bonds. The third-order valence-electron chi connectivity index (χ3n) is 5.81. The van der Waals surface area contributed by atoms with E-state index in [-0.39, 0.29) is 29.3 Å². The SMILES string of the molecule is C=NN(N=C)c1ccc2cc(Nc3nc(N[C@@H]4CCCC[C@@H]4N)c(F)cc3C(N)=O)cnc2c1. The molecule has 176 valence electrons. The first-order chi connectivity index (χ1) is 16.4. The normalized spacial score (nSPS) is 17.7. The number of carbonyl (C=O) groups is 1. The van der Waals surface area contributed by atoms with Crippen molar-refractivity contribution < 1.29 is 9.18 Å². The maximum atomic E-state index is 14.7. The van der Waals surface area contributed by atoms with Crippen molar-refractivity contribution in [2.45, 2.75) is 37.8 Å². The summed E-state index contributed by atoms with van der Waals surface area (Å²) >= 11 is 0. The Hall–Kier alpha value is -4.12. The van der Waals surface area contributed by atoms with Gasteiger partial charge in [0.15, 0.2) is 11.6 Å². The molecule has 0 saturated heterocycles. The highest BCUT2D eigenvalue weighted by atomic mass is 19.1. The molecule has 4 rings (SSSR count). The maximum absolute atomic E-state index is 14.7. The monoisotopic (exact) mass is 463 g/mol. The van der Waals surface area contributed by atoms with Crippen molar-refractivity contribution in [2.75, 3.05) is 15.8 Å². The van der Waals surface area contributed by atoms with Gasteiger partial charge in [-0.2, -0.15) is 15.3 Å². The van der Waals surface area contributed by atoms with Crippen molar-refractivity contribution in [1.82, 2.24) is 9.97 Å². The smallest absolute Gasteiger partial charge is 0.252 e. The van der Waals surface area contributed by atoms with Crippen LogP contribution in [0.4, 0.5) is 27.4 Å². The summed E-state index contributed by atoms with van der Waals surface area (Å²) in [6, 6.07) is 8.10. The van der Waals surface area contributed by atoms with Crippen molar-refractivity contribution in [2.24, 2.45) is 21.7 Å². The van der Waals surface area contributed by atoms with Crippen LogP contribution < -0.4 is 27.2 Å². The van der Waals surface area contributed by atoms with Crippen LogP contribution in [0.3, 0.4) is 0 Å². The van der Waals surface area contributed by atoms with Crippen LogP contribution in [-0.4, -0.2) is 41.4 Å². The molecule has 6 N–H and O–H groups in total. The highest BCUT2D eigenvalue weighted by molar-refractivity contribution is 5.99. The number of primary amides is 1. The van der Waals surface area contributed by atoms with Crippen molar-refractivity contribution in [3.8, 4) is 0 Å². The minimum Gasteiger partial charge on any atom is -0.365 e. The molecule has 0 unspecified atom stereocenters. The minimum absolute atomic E-state index is 0.0159. The van der Waals surface area contributed by atoms with Crippen LogP contribution in [-0.2, 0) is 0 Å². The minimum atomic E-state index is -0.804. The molecular weight excluding hydrogens is 437 g/mol. The third kappa shape index (κ3) is 4.79. The molecule has 2 heterocycles.